The van der Waals surface area contributed by atoms with E-state index in [9.17, 15) is 0 Å². The van der Waals surface area contributed by atoms with Crippen LogP contribution in [0.4, 0.5) is 0 Å². The Hall–Kier alpha value is -0.0400. The van der Waals surface area contributed by atoms with Crippen LogP contribution in [0.25, 0.3) is 0 Å². The van der Waals surface area contributed by atoms with Crippen LogP contribution in [0.5, 0.6) is 0 Å². The van der Waals surface area contributed by atoms with E-state index in [1.807, 2.05) is 0 Å². The molecule has 0 saturated heterocycles. The van der Waals surface area contributed by atoms with Gasteiger partial charge in [-0.2, -0.15) is 0 Å². The van der Waals surface area contributed by atoms with Gasteiger partial charge in [0.25, 0.3) is 0 Å². The highest BCUT2D eigenvalue weighted by Gasteiger charge is 2.26. The van der Waals surface area contributed by atoms with Crippen molar-refractivity contribution in [2.45, 2.75) is 32.6 Å². The maximum absolute atomic E-state index is 3.57. The molecule has 0 aromatic heterocycles. The Balaban J connectivity index is 1.47. The Bertz CT molecular complexity index is 123. The summed E-state index contributed by atoms with van der Waals surface area (Å²) in [5.74, 6) is 3.08. The van der Waals surface area contributed by atoms with Gasteiger partial charge in [-0.25, -0.2) is 0 Å². The summed E-state index contributed by atoms with van der Waals surface area (Å²) >= 11 is 0. The van der Waals surface area contributed by atoms with E-state index >= 15 is 0 Å². The van der Waals surface area contributed by atoms with Gasteiger partial charge in [0.05, 0.1) is 0 Å². The Morgan fingerprint density at radius 2 is 1.73 bits per heavy atom. The molecule has 2 rings (SSSR count). The summed E-state index contributed by atoms with van der Waals surface area (Å²) in [6, 6.07) is 0. The third-order valence-corrected chi connectivity index (χ3v) is 3.03. The molecule has 2 fully saturated rings. The molecule has 2 aliphatic rings. The second kappa shape index (κ2) is 3.14. The van der Waals surface area contributed by atoms with E-state index in [2.05, 4.69) is 12.2 Å². The first-order valence-electron chi connectivity index (χ1n) is 5.05. The molecule has 2 aliphatic carbocycles. The maximum Gasteiger partial charge on any atom is -0.00202 e. The van der Waals surface area contributed by atoms with E-state index in [1.54, 1.807) is 0 Å². The molecule has 1 nitrogen and oxygen atoms in total. The van der Waals surface area contributed by atoms with Gasteiger partial charge < -0.3 is 5.32 Å². The van der Waals surface area contributed by atoms with Crippen LogP contribution < -0.4 is 5.32 Å². The van der Waals surface area contributed by atoms with Gasteiger partial charge in [-0.05, 0) is 56.5 Å². The van der Waals surface area contributed by atoms with Crippen LogP contribution in [0.15, 0.2) is 0 Å². The van der Waals surface area contributed by atoms with Gasteiger partial charge in [0.15, 0.2) is 0 Å². The molecule has 0 heterocycles. The first kappa shape index (κ1) is 7.60. The number of rotatable bonds is 4. The molecule has 0 unspecified atom stereocenters. The summed E-state index contributed by atoms with van der Waals surface area (Å²) in [6.07, 6.45) is 5.90. The van der Waals surface area contributed by atoms with Crippen LogP contribution in [0, 0.1) is 17.8 Å². The zero-order valence-electron chi connectivity index (χ0n) is 7.47. The summed E-state index contributed by atoms with van der Waals surface area (Å²) in [7, 11) is 0. The second-order valence-electron chi connectivity index (χ2n) is 4.54. The highest BCUT2D eigenvalue weighted by atomic mass is 14.9. The molecule has 0 amide bonds. The molecule has 0 bridgehead atoms. The Kier molecular flexibility index (Phi) is 2.17. The molecule has 0 atom stereocenters. The highest BCUT2D eigenvalue weighted by Crippen LogP contribution is 2.32. The fraction of sp³-hybridized carbons (Fsp3) is 1.00. The number of hydrogen-bond acceptors (Lipinski definition) is 1. The maximum atomic E-state index is 3.57. The van der Waals surface area contributed by atoms with Gasteiger partial charge in [-0.1, -0.05) is 6.92 Å². The summed E-state index contributed by atoms with van der Waals surface area (Å²) in [6.45, 7) is 4.95. The standard InChI is InChI=1S/C10H19N/c1-8-4-10(5-8)7-11-6-9-2-3-9/h8-11H,2-7H2,1H3. The summed E-state index contributed by atoms with van der Waals surface area (Å²) in [5.41, 5.74) is 0. The highest BCUT2D eigenvalue weighted by molar-refractivity contribution is 4.80. The molecule has 1 heteroatoms. The van der Waals surface area contributed by atoms with Gasteiger partial charge in [0.2, 0.25) is 0 Å². The Morgan fingerprint density at radius 1 is 1.09 bits per heavy atom. The van der Waals surface area contributed by atoms with E-state index in [4.69, 9.17) is 0 Å². The predicted molar refractivity (Wildman–Crippen MR) is 47.5 cm³/mol. The van der Waals surface area contributed by atoms with Crippen LogP contribution in [0.1, 0.15) is 32.6 Å². The molecule has 0 aromatic carbocycles. The van der Waals surface area contributed by atoms with E-state index in [0.29, 0.717) is 0 Å². The van der Waals surface area contributed by atoms with Gasteiger partial charge in [-0.3, -0.25) is 0 Å². The van der Waals surface area contributed by atoms with Crippen LogP contribution >= 0.6 is 0 Å². The zero-order valence-corrected chi connectivity index (χ0v) is 7.47. The van der Waals surface area contributed by atoms with E-state index in [0.717, 1.165) is 17.8 Å². The van der Waals surface area contributed by atoms with Crippen molar-refractivity contribution in [2.75, 3.05) is 13.1 Å². The fourth-order valence-electron chi connectivity index (χ4n) is 2.05. The lowest BCUT2D eigenvalue weighted by Gasteiger charge is -2.32. The van der Waals surface area contributed by atoms with Gasteiger partial charge in [0, 0.05) is 0 Å². The lowest BCUT2D eigenvalue weighted by atomic mass is 9.76. The van der Waals surface area contributed by atoms with E-state index in [1.165, 1.54) is 38.8 Å². The van der Waals surface area contributed by atoms with Crippen molar-refractivity contribution < 1.29 is 0 Å². The zero-order chi connectivity index (χ0) is 7.68. The van der Waals surface area contributed by atoms with Crippen LogP contribution in [-0.2, 0) is 0 Å². The minimum absolute atomic E-state index is 1.02. The average molecular weight is 153 g/mol. The van der Waals surface area contributed by atoms with Crippen molar-refractivity contribution in [3.63, 3.8) is 0 Å². The van der Waals surface area contributed by atoms with Crippen molar-refractivity contribution in [1.82, 2.24) is 5.32 Å². The molecule has 2 saturated carbocycles. The quantitative estimate of drug-likeness (QED) is 0.651. The average Bonchev–Trinajstić information content (AvgIpc) is 2.67. The minimum Gasteiger partial charge on any atom is -0.316 e. The van der Waals surface area contributed by atoms with Gasteiger partial charge in [-0.15, -0.1) is 0 Å². The van der Waals surface area contributed by atoms with E-state index < -0.39 is 0 Å². The first-order valence-corrected chi connectivity index (χ1v) is 5.05. The van der Waals surface area contributed by atoms with Crippen LogP contribution in [-0.4, -0.2) is 13.1 Å². The molecular formula is C10H19N. The van der Waals surface area contributed by atoms with Crippen LogP contribution in [0.3, 0.4) is 0 Å². The fourth-order valence-corrected chi connectivity index (χ4v) is 2.05. The predicted octanol–water partition coefficient (Wildman–Crippen LogP) is 2.03. The van der Waals surface area contributed by atoms with Crippen molar-refractivity contribution in [3.05, 3.63) is 0 Å². The Morgan fingerprint density at radius 3 is 2.27 bits per heavy atom. The third kappa shape index (κ3) is 2.19. The van der Waals surface area contributed by atoms with Gasteiger partial charge >= 0.3 is 0 Å². The summed E-state index contributed by atoms with van der Waals surface area (Å²) in [5, 5.41) is 3.57. The molecule has 1 N–H and O–H groups in total. The van der Waals surface area contributed by atoms with Crippen molar-refractivity contribution in [1.29, 1.82) is 0 Å². The largest absolute Gasteiger partial charge is 0.316 e. The number of hydrogen-bond donors (Lipinski definition) is 1. The molecule has 0 aliphatic heterocycles. The van der Waals surface area contributed by atoms with Crippen molar-refractivity contribution >= 4 is 0 Å². The van der Waals surface area contributed by atoms with Crippen LogP contribution in [0.2, 0.25) is 0 Å². The van der Waals surface area contributed by atoms with Crippen molar-refractivity contribution in [3.8, 4) is 0 Å². The summed E-state index contributed by atoms with van der Waals surface area (Å²) in [4.78, 5) is 0. The minimum atomic E-state index is 1.02. The molecule has 0 aromatic rings. The third-order valence-electron chi connectivity index (χ3n) is 3.03. The van der Waals surface area contributed by atoms with Gasteiger partial charge in [0.1, 0.15) is 0 Å². The topological polar surface area (TPSA) is 12.0 Å². The van der Waals surface area contributed by atoms with E-state index in [-0.39, 0.29) is 0 Å². The SMILES string of the molecule is CC1CC(CNCC2CC2)C1. The Labute approximate surface area is 69.6 Å². The lowest BCUT2D eigenvalue weighted by Crippen LogP contribution is -2.32. The number of nitrogens with one attached hydrogen (secondary N) is 1. The monoisotopic (exact) mass is 153 g/mol. The lowest BCUT2D eigenvalue weighted by molar-refractivity contribution is 0.206. The molecule has 64 valence electrons. The summed E-state index contributed by atoms with van der Waals surface area (Å²) < 4.78 is 0. The van der Waals surface area contributed by atoms with Crippen molar-refractivity contribution in [2.24, 2.45) is 17.8 Å². The molecular weight excluding hydrogens is 134 g/mol. The molecule has 0 radical (unpaired) electrons. The molecule has 0 spiro atoms. The molecule has 11 heavy (non-hydrogen) atoms. The smallest absolute Gasteiger partial charge is 0.00202 e. The second-order valence-corrected chi connectivity index (χ2v) is 4.54. The normalized spacial score (nSPS) is 36.8. The first-order chi connectivity index (χ1) is 5.34.